The lowest BCUT2D eigenvalue weighted by Crippen LogP contribution is -2.35. The Labute approximate surface area is 143 Å². The molecule has 0 saturated carbocycles. The molecule has 130 valence electrons. The Hall–Kier alpha value is -1.69. The minimum atomic E-state index is 0.499. The summed E-state index contributed by atoms with van der Waals surface area (Å²) in [6.07, 6.45) is 7.34. The summed E-state index contributed by atoms with van der Waals surface area (Å²) in [6.45, 7) is 8.27. The summed E-state index contributed by atoms with van der Waals surface area (Å²) in [6, 6.07) is 0. The Bertz CT molecular complexity index is 685. The molecule has 0 N–H and O–H groups in total. The van der Waals surface area contributed by atoms with Crippen molar-refractivity contribution in [2.75, 3.05) is 13.1 Å². The zero-order valence-electron chi connectivity index (χ0n) is 14.8. The van der Waals surface area contributed by atoms with E-state index < -0.39 is 0 Å². The van der Waals surface area contributed by atoms with E-state index >= 15 is 0 Å². The average Bonchev–Trinajstić information content (AvgIpc) is 3.04. The van der Waals surface area contributed by atoms with E-state index in [1.54, 1.807) is 0 Å². The van der Waals surface area contributed by atoms with Crippen molar-refractivity contribution in [3.63, 3.8) is 0 Å². The van der Waals surface area contributed by atoms with Gasteiger partial charge in [-0.05, 0) is 46.1 Å². The summed E-state index contributed by atoms with van der Waals surface area (Å²) in [7, 11) is 0. The van der Waals surface area contributed by atoms with Crippen molar-refractivity contribution in [1.82, 2.24) is 24.8 Å². The van der Waals surface area contributed by atoms with E-state index in [0.29, 0.717) is 5.92 Å². The molecule has 2 aliphatic heterocycles. The molecule has 2 aromatic heterocycles. The van der Waals surface area contributed by atoms with Gasteiger partial charge in [-0.3, -0.25) is 4.90 Å². The molecule has 1 saturated heterocycles. The van der Waals surface area contributed by atoms with Gasteiger partial charge in [0.15, 0.2) is 0 Å². The lowest BCUT2D eigenvalue weighted by Gasteiger charge is -2.32. The summed E-state index contributed by atoms with van der Waals surface area (Å²) in [5.41, 5.74) is 2.27. The van der Waals surface area contributed by atoms with Gasteiger partial charge in [-0.1, -0.05) is 11.6 Å². The highest BCUT2D eigenvalue weighted by atomic mass is 16.5. The van der Waals surface area contributed by atoms with E-state index in [0.717, 1.165) is 44.1 Å². The fourth-order valence-electron chi connectivity index (χ4n) is 4.17. The quantitative estimate of drug-likeness (QED) is 0.866. The molecule has 0 aromatic carbocycles. The van der Waals surface area contributed by atoms with E-state index in [9.17, 15) is 0 Å². The van der Waals surface area contributed by atoms with Gasteiger partial charge in [-0.2, -0.15) is 0 Å². The third-order valence-electron chi connectivity index (χ3n) is 5.57. The smallest absolute Gasteiger partial charge is 0.138 e. The zero-order valence-corrected chi connectivity index (χ0v) is 14.8. The first-order chi connectivity index (χ1) is 11.7. The van der Waals surface area contributed by atoms with Gasteiger partial charge in [0.2, 0.25) is 0 Å². The Morgan fingerprint density at radius 2 is 2.00 bits per heavy atom. The van der Waals surface area contributed by atoms with Crippen LogP contribution in [0.1, 0.15) is 66.7 Å². The number of nitrogens with zero attached hydrogens (tertiary/aromatic N) is 5. The highest BCUT2D eigenvalue weighted by molar-refractivity contribution is 5.20. The SMILES string of the molecule is Cc1noc(C)c1CN1CCC[C@@H](c2nnc3n2CCCCC3)C1. The lowest BCUT2D eigenvalue weighted by atomic mass is 9.96. The Morgan fingerprint density at radius 1 is 1.08 bits per heavy atom. The molecule has 2 aliphatic rings. The monoisotopic (exact) mass is 329 g/mol. The largest absolute Gasteiger partial charge is 0.361 e. The van der Waals surface area contributed by atoms with Crippen LogP contribution in [0.2, 0.25) is 0 Å². The maximum atomic E-state index is 5.32. The van der Waals surface area contributed by atoms with Crippen molar-refractivity contribution < 1.29 is 4.52 Å². The van der Waals surface area contributed by atoms with Gasteiger partial charge in [0, 0.05) is 37.5 Å². The second-order valence-corrected chi connectivity index (χ2v) is 7.31. The molecule has 2 aromatic rings. The van der Waals surface area contributed by atoms with Crippen LogP contribution in [0.25, 0.3) is 0 Å². The van der Waals surface area contributed by atoms with Gasteiger partial charge in [-0.25, -0.2) is 0 Å². The Balaban J connectivity index is 1.50. The summed E-state index contributed by atoms with van der Waals surface area (Å²) >= 11 is 0. The van der Waals surface area contributed by atoms with Gasteiger partial charge < -0.3 is 9.09 Å². The predicted molar refractivity (Wildman–Crippen MR) is 90.8 cm³/mol. The summed E-state index contributed by atoms with van der Waals surface area (Å²) < 4.78 is 7.73. The van der Waals surface area contributed by atoms with E-state index in [4.69, 9.17) is 4.52 Å². The third kappa shape index (κ3) is 2.99. The summed E-state index contributed by atoms with van der Waals surface area (Å²) in [5, 5.41) is 13.2. The molecule has 1 atom stereocenters. The number of piperidine rings is 1. The molecule has 6 heteroatoms. The van der Waals surface area contributed by atoms with Crippen LogP contribution in [-0.4, -0.2) is 37.9 Å². The molecule has 0 radical (unpaired) electrons. The molecule has 24 heavy (non-hydrogen) atoms. The Kier molecular flexibility index (Phi) is 4.39. The predicted octanol–water partition coefficient (Wildman–Crippen LogP) is 2.99. The van der Waals surface area contributed by atoms with Crippen molar-refractivity contribution in [2.45, 2.75) is 71.4 Å². The van der Waals surface area contributed by atoms with Crippen LogP contribution in [0.4, 0.5) is 0 Å². The van der Waals surface area contributed by atoms with Crippen molar-refractivity contribution in [3.8, 4) is 0 Å². The second kappa shape index (κ2) is 6.67. The molecule has 6 nitrogen and oxygen atoms in total. The molecule has 0 amide bonds. The third-order valence-corrected chi connectivity index (χ3v) is 5.57. The number of hydrogen-bond acceptors (Lipinski definition) is 5. The van der Waals surface area contributed by atoms with Crippen LogP contribution < -0.4 is 0 Å². The first-order valence-electron chi connectivity index (χ1n) is 9.28. The van der Waals surface area contributed by atoms with E-state index in [2.05, 4.69) is 24.8 Å². The van der Waals surface area contributed by atoms with E-state index in [1.165, 1.54) is 49.3 Å². The second-order valence-electron chi connectivity index (χ2n) is 7.31. The maximum Gasteiger partial charge on any atom is 0.138 e. The van der Waals surface area contributed by atoms with Crippen molar-refractivity contribution in [1.29, 1.82) is 0 Å². The average molecular weight is 329 g/mol. The van der Waals surface area contributed by atoms with Crippen LogP contribution in [0.5, 0.6) is 0 Å². The van der Waals surface area contributed by atoms with Gasteiger partial charge >= 0.3 is 0 Å². The van der Waals surface area contributed by atoms with Crippen LogP contribution in [0.15, 0.2) is 4.52 Å². The summed E-state index contributed by atoms with van der Waals surface area (Å²) in [5.74, 6) is 3.87. The first-order valence-corrected chi connectivity index (χ1v) is 9.28. The van der Waals surface area contributed by atoms with Crippen molar-refractivity contribution >= 4 is 0 Å². The van der Waals surface area contributed by atoms with Gasteiger partial charge in [0.05, 0.1) is 5.69 Å². The highest BCUT2D eigenvalue weighted by Gasteiger charge is 2.28. The number of rotatable bonds is 3. The molecule has 1 fully saturated rings. The number of fused-ring (bicyclic) bond motifs is 1. The number of hydrogen-bond donors (Lipinski definition) is 0. The fourth-order valence-corrected chi connectivity index (χ4v) is 4.17. The van der Waals surface area contributed by atoms with Crippen LogP contribution in [0.3, 0.4) is 0 Å². The van der Waals surface area contributed by atoms with Gasteiger partial charge in [0.25, 0.3) is 0 Å². The maximum absolute atomic E-state index is 5.32. The topological polar surface area (TPSA) is 60.0 Å². The van der Waals surface area contributed by atoms with Crippen molar-refractivity contribution in [2.24, 2.45) is 0 Å². The molecular weight excluding hydrogens is 302 g/mol. The van der Waals surface area contributed by atoms with Gasteiger partial charge in [-0.15, -0.1) is 10.2 Å². The molecule has 0 aliphatic carbocycles. The molecule has 0 unspecified atom stereocenters. The van der Waals surface area contributed by atoms with Crippen LogP contribution in [0, 0.1) is 13.8 Å². The lowest BCUT2D eigenvalue weighted by molar-refractivity contribution is 0.193. The molecule has 4 rings (SSSR count). The molecule has 0 spiro atoms. The van der Waals surface area contributed by atoms with E-state index in [-0.39, 0.29) is 0 Å². The number of likely N-dealkylation sites (tertiary alicyclic amines) is 1. The van der Waals surface area contributed by atoms with Crippen LogP contribution >= 0.6 is 0 Å². The molecule has 0 bridgehead atoms. The minimum absolute atomic E-state index is 0.499. The first kappa shape index (κ1) is 15.8. The fraction of sp³-hybridized carbons (Fsp3) is 0.722. The normalized spacial score (nSPS) is 22.3. The van der Waals surface area contributed by atoms with E-state index in [1.807, 2.05) is 13.8 Å². The van der Waals surface area contributed by atoms with Gasteiger partial charge in [0.1, 0.15) is 17.4 Å². The highest BCUT2D eigenvalue weighted by Crippen LogP contribution is 2.29. The number of aromatic nitrogens is 4. The zero-order chi connectivity index (χ0) is 16.5. The van der Waals surface area contributed by atoms with Crippen LogP contribution in [-0.2, 0) is 19.5 Å². The minimum Gasteiger partial charge on any atom is -0.361 e. The standard InChI is InChI=1S/C18H27N5O/c1-13-16(14(2)24-21-13)12-22-9-6-7-15(11-22)18-20-19-17-8-4-3-5-10-23(17)18/h15H,3-12H2,1-2H3/t15-/m1/s1. The number of aryl methyl sites for hydroxylation is 3. The van der Waals surface area contributed by atoms with Crippen molar-refractivity contribution in [3.05, 3.63) is 28.7 Å². The molecule has 4 heterocycles. The summed E-state index contributed by atoms with van der Waals surface area (Å²) in [4.78, 5) is 2.53. The Morgan fingerprint density at radius 3 is 2.83 bits per heavy atom. The molecular formula is C18H27N5O.